The third kappa shape index (κ3) is 5.34. The number of aliphatic hydroxyl groups is 1. The van der Waals surface area contributed by atoms with Crippen LogP contribution in [0.3, 0.4) is 0 Å². The van der Waals surface area contributed by atoms with Crippen LogP contribution in [0.4, 0.5) is 0 Å². The third-order valence-corrected chi connectivity index (χ3v) is 1.89. The summed E-state index contributed by atoms with van der Waals surface area (Å²) in [6, 6.07) is 7.76. The number of hydrogen-bond acceptors (Lipinski definition) is 2. The monoisotopic (exact) mass is 377 g/mol. The molecular weight excluding hydrogens is 360 g/mol. The molecular formula is C12H17O2W-. The summed E-state index contributed by atoms with van der Waals surface area (Å²) in [6.45, 7) is 6.34. The van der Waals surface area contributed by atoms with Gasteiger partial charge in [-0.25, -0.2) is 0 Å². The first-order valence-corrected chi connectivity index (χ1v) is 4.96. The summed E-state index contributed by atoms with van der Waals surface area (Å²) in [4.78, 5) is 0. The summed E-state index contributed by atoms with van der Waals surface area (Å²) in [5, 5.41) is 9.19. The number of benzene rings is 1. The van der Waals surface area contributed by atoms with Gasteiger partial charge in [0.15, 0.2) is 0 Å². The van der Waals surface area contributed by atoms with E-state index in [1.807, 2.05) is 24.3 Å². The van der Waals surface area contributed by atoms with Gasteiger partial charge in [0.25, 0.3) is 0 Å². The number of hydrogen-bond donors (Lipinski definition) is 1. The molecule has 0 aromatic heterocycles. The van der Waals surface area contributed by atoms with Gasteiger partial charge in [-0.05, 0) is 24.5 Å². The molecule has 0 aliphatic heterocycles. The Balaban J connectivity index is 0.00000196. The predicted molar refractivity (Wildman–Crippen MR) is 57.3 cm³/mol. The van der Waals surface area contributed by atoms with Gasteiger partial charge in [0.2, 0.25) is 0 Å². The maximum Gasteiger partial charge on any atom is 0.122 e. The zero-order valence-electron chi connectivity index (χ0n) is 8.98. The molecule has 1 atom stereocenters. The predicted octanol–water partition coefficient (Wildman–Crippen LogP) is 2.21. The Bertz CT molecular complexity index is 274. The van der Waals surface area contributed by atoms with Crippen LogP contribution in [-0.4, -0.2) is 17.8 Å². The molecule has 0 saturated heterocycles. The third-order valence-electron chi connectivity index (χ3n) is 1.89. The van der Waals surface area contributed by atoms with Crippen LogP contribution >= 0.6 is 0 Å². The van der Waals surface area contributed by atoms with Crippen LogP contribution in [-0.2, 0) is 27.5 Å². The minimum absolute atomic E-state index is 0. The minimum Gasteiger partial charge on any atom is -0.493 e. The minimum atomic E-state index is -0.568. The molecule has 0 aliphatic carbocycles. The Hall–Kier alpha value is -0.332. The molecule has 1 N–H and O–H groups in total. The van der Waals surface area contributed by atoms with Crippen LogP contribution in [0.25, 0.3) is 0 Å². The molecule has 0 heterocycles. The van der Waals surface area contributed by atoms with Crippen molar-refractivity contribution in [2.75, 3.05) is 6.61 Å². The molecule has 3 heteroatoms. The van der Waals surface area contributed by atoms with Crippen molar-refractivity contribution in [3.8, 4) is 5.75 Å². The van der Waals surface area contributed by atoms with Crippen LogP contribution < -0.4 is 4.74 Å². The van der Waals surface area contributed by atoms with E-state index >= 15 is 0 Å². The summed E-state index contributed by atoms with van der Waals surface area (Å²) in [5.41, 5.74) is 1.02. The molecule has 0 aliphatic rings. The van der Waals surface area contributed by atoms with E-state index in [-0.39, 0.29) is 21.1 Å². The van der Waals surface area contributed by atoms with Crippen molar-refractivity contribution in [3.05, 3.63) is 36.8 Å². The average Bonchev–Trinajstić information content (AvgIpc) is 2.16. The van der Waals surface area contributed by atoms with Gasteiger partial charge in [-0.3, -0.25) is 0 Å². The van der Waals surface area contributed by atoms with Gasteiger partial charge in [0.1, 0.15) is 5.75 Å². The van der Waals surface area contributed by atoms with Crippen molar-refractivity contribution in [2.45, 2.75) is 25.9 Å². The van der Waals surface area contributed by atoms with Crippen molar-refractivity contribution in [3.63, 3.8) is 0 Å². The van der Waals surface area contributed by atoms with Crippen molar-refractivity contribution in [1.82, 2.24) is 0 Å². The Kier molecular flexibility index (Phi) is 7.72. The van der Waals surface area contributed by atoms with E-state index in [4.69, 9.17) is 4.74 Å². The van der Waals surface area contributed by atoms with Gasteiger partial charge < -0.3 is 16.8 Å². The van der Waals surface area contributed by atoms with Crippen LogP contribution in [0, 0.1) is 6.92 Å². The second kappa shape index (κ2) is 7.90. The molecule has 0 amide bonds. The van der Waals surface area contributed by atoms with E-state index in [9.17, 15) is 5.11 Å². The Morgan fingerprint density at radius 2 is 2.07 bits per heavy atom. The molecule has 0 bridgehead atoms. The molecule has 0 radical (unpaired) electrons. The number of ether oxygens (including phenoxy) is 1. The normalized spacial score (nSPS) is 11.7. The van der Waals surface area contributed by atoms with Crippen molar-refractivity contribution < 1.29 is 30.9 Å². The fraction of sp³-hybridized carbons (Fsp3) is 0.417. The SMILES string of the molecule is [CH2-][C@H](O)Cc1ccccc1OCCC.[W]. The van der Waals surface area contributed by atoms with Crippen molar-refractivity contribution in [2.24, 2.45) is 0 Å². The summed E-state index contributed by atoms with van der Waals surface area (Å²) in [7, 11) is 0. The van der Waals surface area contributed by atoms with Gasteiger partial charge in [-0.2, -0.15) is 0 Å². The summed E-state index contributed by atoms with van der Waals surface area (Å²) in [6.07, 6.45) is 0.961. The van der Waals surface area contributed by atoms with E-state index in [1.54, 1.807) is 0 Å². The smallest absolute Gasteiger partial charge is 0.122 e. The molecule has 15 heavy (non-hydrogen) atoms. The summed E-state index contributed by atoms with van der Waals surface area (Å²) < 4.78 is 5.55. The first kappa shape index (κ1) is 14.7. The molecule has 0 unspecified atom stereocenters. The fourth-order valence-corrected chi connectivity index (χ4v) is 1.28. The molecule has 0 fully saturated rings. The van der Waals surface area contributed by atoms with E-state index in [0.717, 1.165) is 17.7 Å². The number of aliphatic hydroxyl groups excluding tert-OH is 1. The quantitative estimate of drug-likeness (QED) is 0.798. The Morgan fingerprint density at radius 1 is 1.40 bits per heavy atom. The second-order valence-corrected chi connectivity index (χ2v) is 3.31. The Labute approximate surface area is 106 Å². The zero-order chi connectivity index (χ0) is 10.4. The molecule has 1 aromatic carbocycles. The summed E-state index contributed by atoms with van der Waals surface area (Å²) in [5.74, 6) is 0.858. The van der Waals surface area contributed by atoms with Gasteiger partial charge >= 0.3 is 0 Å². The maximum absolute atomic E-state index is 9.19. The zero-order valence-corrected chi connectivity index (χ0v) is 11.9. The standard InChI is InChI=1S/C12H17O2.W/c1-3-8-14-12-7-5-4-6-11(12)9-10(2)13;/h4-7,10,13H,2-3,8-9H2,1H3;/q-1;/t10-;/m0./s1. The van der Waals surface area contributed by atoms with Gasteiger partial charge in [-0.15, -0.1) is 0 Å². The van der Waals surface area contributed by atoms with Crippen molar-refractivity contribution >= 4 is 0 Å². The first-order chi connectivity index (χ1) is 6.74. The van der Waals surface area contributed by atoms with Crippen LogP contribution in [0.15, 0.2) is 24.3 Å². The van der Waals surface area contributed by atoms with Crippen molar-refractivity contribution in [1.29, 1.82) is 0 Å². The van der Waals surface area contributed by atoms with E-state index < -0.39 is 6.10 Å². The number of rotatable bonds is 5. The molecule has 1 aromatic rings. The Morgan fingerprint density at radius 3 is 2.67 bits per heavy atom. The average molecular weight is 377 g/mol. The van der Waals surface area contributed by atoms with Crippen LogP contribution in [0.2, 0.25) is 0 Å². The topological polar surface area (TPSA) is 29.5 Å². The van der Waals surface area contributed by atoms with Gasteiger partial charge in [0.05, 0.1) is 6.61 Å². The molecule has 0 spiro atoms. The van der Waals surface area contributed by atoms with E-state index in [2.05, 4.69) is 13.8 Å². The fourth-order valence-electron chi connectivity index (χ4n) is 1.28. The van der Waals surface area contributed by atoms with Gasteiger partial charge in [-0.1, -0.05) is 31.2 Å². The largest absolute Gasteiger partial charge is 0.493 e. The summed E-state index contributed by atoms with van der Waals surface area (Å²) >= 11 is 0. The van der Waals surface area contributed by atoms with E-state index in [0.29, 0.717) is 13.0 Å². The van der Waals surface area contributed by atoms with Crippen LogP contribution in [0.5, 0.6) is 5.75 Å². The number of para-hydroxylation sites is 1. The van der Waals surface area contributed by atoms with Crippen LogP contribution in [0.1, 0.15) is 18.9 Å². The van der Waals surface area contributed by atoms with E-state index in [1.165, 1.54) is 0 Å². The molecule has 0 saturated carbocycles. The van der Waals surface area contributed by atoms with Gasteiger partial charge in [0, 0.05) is 21.1 Å². The maximum atomic E-state index is 9.19. The first-order valence-electron chi connectivity index (χ1n) is 4.96. The molecule has 2 nitrogen and oxygen atoms in total. The molecule has 1 rings (SSSR count). The molecule has 84 valence electrons. The second-order valence-electron chi connectivity index (χ2n) is 3.31.